The topological polar surface area (TPSA) is 23.5 Å². The summed E-state index contributed by atoms with van der Waals surface area (Å²) < 4.78 is 0. The van der Waals surface area contributed by atoms with Gasteiger partial charge in [-0.1, -0.05) is 12.2 Å². The van der Waals surface area contributed by atoms with E-state index in [0.717, 1.165) is 24.4 Å². The number of thiocarbonyl (C=S) groups is 1. The molecule has 0 unspecified atom stereocenters. The number of likely N-dealkylation sites (tertiary alicyclic amines) is 1. The minimum absolute atomic E-state index is 0.0961. The summed E-state index contributed by atoms with van der Waals surface area (Å²) >= 11 is 4.91. The van der Waals surface area contributed by atoms with Crippen LogP contribution in [-0.4, -0.2) is 28.3 Å². The van der Waals surface area contributed by atoms with Crippen molar-refractivity contribution < 1.29 is 5.11 Å². The standard InChI is InChI=1S/C5H9NOS/c7-4-6-3-1-2-5(6)8/h7H,1-4H2. The lowest BCUT2D eigenvalue weighted by atomic mass is 10.4. The Morgan fingerprint density at radius 3 is 2.75 bits per heavy atom. The lowest BCUT2D eigenvalue weighted by molar-refractivity contribution is 0.181. The van der Waals surface area contributed by atoms with Gasteiger partial charge in [-0.25, -0.2) is 0 Å². The molecule has 2 nitrogen and oxygen atoms in total. The van der Waals surface area contributed by atoms with E-state index < -0.39 is 0 Å². The molecule has 0 aromatic rings. The largest absolute Gasteiger partial charge is 0.376 e. The van der Waals surface area contributed by atoms with Crippen molar-refractivity contribution in [1.82, 2.24) is 4.90 Å². The fourth-order valence-corrected chi connectivity index (χ4v) is 1.15. The normalized spacial score (nSPS) is 20.1. The summed E-state index contributed by atoms with van der Waals surface area (Å²) in [4.78, 5) is 2.72. The lowest BCUT2D eigenvalue weighted by Crippen LogP contribution is -2.23. The van der Waals surface area contributed by atoms with E-state index in [-0.39, 0.29) is 6.73 Å². The zero-order valence-electron chi connectivity index (χ0n) is 4.63. The van der Waals surface area contributed by atoms with Crippen LogP contribution in [-0.2, 0) is 0 Å². The molecule has 0 saturated carbocycles. The second kappa shape index (κ2) is 2.42. The van der Waals surface area contributed by atoms with Crippen LogP contribution < -0.4 is 0 Å². The quantitative estimate of drug-likeness (QED) is 0.520. The Hall–Kier alpha value is -0.150. The van der Waals surface area contributed by atoms with Gasteiger partial charge in [0.25, 0.3) is 0 Å². The van der Waals surface area contributed by atoms with Crippen molar-refractivity contribution in [2.24, 2.45) is 0 Å². The second-order valence-corrected chi connectivity index (χ2v) is 2.37. The number of hydrogen-bond donors (Lipinski definition) is 1. The van der Waals surface area contributed by atoms with Gasteiger partial charge in [0.15, 0.2) is 0 Å². The lowest BCUT2D eigenvalue weighted by Gasteiger charge is -2.11. The van der Waals surface area contributed by atoms with Gasteiger partial charge >= 0.3 is 0 Å². The number of aliphatic hydroxyl groups is 1. The SMILES string of the molecule is OCN1CCCC1=S. The molecule has 0 aliphatic carbocycles. The Bertz CT molecular complexity index is 105. The van der Waals surface area contributed by atoms with E-state index in [4.69, 9.17) is 17.3 Å². The van der Waals surface area contributed by atoms with Gasteiger partial charge in [-0.3, -0.25) is 0 Å². The molecule has 3 heteroatoms. The molecule has 8 heavy (non-hydrogen) atoms. The highest BCUT2D eigenvalue weighted by Crippen LogP contribution is 2.09. The van der Waals surface area contributed by atoms with E-state index in [1.165, 1.54) is 0 Å². The zero-order valence-corrected chi connectivity index (χ0v) is 5.45. The average molecular weight is 131 g/mol. The van der Waals surface area contributed by atoms with Crippen LogP contribution in [0, 0.1) is 0 Å². The van der Waals surface area contributed by atoms with Crippen LogP contribution in [0.3, 0.4) is 0 Å². The third-order valence-corrected chi connectivity index (χ3v) is 1.80. The van der Waals surface area contributed by atoms with Gasteiger partial charge < -0.3 is 10.0 Å². The molecular weight excluding hydrogens is 122 g/mol. The Morgan fingerprint density at radius 1 is 1.75 bits per heavy atom. The summed E-state index contributed by atoms with van der Waals surface area (Å²) in [5.74, 6) is 0. The fraction of sp³-hybridized carbons (Fsp3) is 0.800. The molecule has 46 valence electrons. The summed E-state index contributed by atoms with van der Waals surface area (Å²) in [6, 6.07) is 0. The summed E-state index contributed by atoms with van der Waals surface area (Å²) in [6.45, 7) is 1.04. The van der Waals surface area contributed by atoms with Crippen LogP contribution in [0.15, 0.2) is 0 Å². The van der Waals surface area contributed by atoms with Crippen molar-refractivity contribution in [3.8, 4) is 0 Å². The first-order valence-electron chi connectivity index (χ1n) is 2.73. The maximum absolute atomic E-state index is 8.57. The number of rotatable bonds is 1. The first-order chi connectivity index (χ1) is 3.84. The van der Waals surface area contributed by atoms with Gasteiger partial charge in [0.2, 0.25) is 0 Å². The monoisotopic (exact) mass is 131 g/mol. The molecule has 0 radical (unpaired) electrons. The van der Waals surface area contributed by atoms with E-state index in [1.54, 1.807) is 0 Å². The first kappa shape index (κ1) is 5.98. The predicted molar refractivity (Wildman–Crippen MR) is 35.6 cm³/mol. The molecule has 1 saturated heterocycles. The van der Waals surface area contributed by atoms with Crippen LogP contribution in [0.5, 0.6) is 0 Å². The van der Waals surface area contributed by atoms with Crippen molar-refractivity contribution in [3.63, 3.8) is 0 Å². The van der Waals surface area contributed by atoms with E-state index >= 15 is 0 Å². The molecule has 0 bridgehead atoms. The third kappa shape index (κ3) is 0.980. The molecule has 0 aromatic heterocycles. The van der Waals surface area contributed by atoms with Crippen LogP contribution in [0.25, 0.3) is 0 Å². The maximum atomic E-state index is 8.57. The summed E-state index contributed by atoms with van der Waals surface area (Å²) in [5, 5.41) is 8.57. The van der Waals surface area contributed by atoms with E-state index in [1.807, 2.05) is 4.90 Å². The Labute approximate surface area is 54.1 Å². The Morgan fingerprint density at radius 2 is 2.50 bits per heavy atom. The van der Waals surface area contributed by atoms with Crippen LogP contribution in [0.2, 0.25) is 0 Å². The van der Waals surface area contributed by atoms with Gasteiger partial charge in [-0.15, -0.1) is 0 Å². The molecule has 1 aliphatic rings. The van der Waals surface area contributed by atoms with Crippen molar-refractivity contribution >= 4 is 17.2 Å². The molecule has 1 fully saturated rings. The minimum Gasteiger partial charge on any atom is -0.376 e. The Balaban J connectivity index is 2.42. The van der Waals surface area contributed by atoms with Gasteiger partial charge in [-0.2, -0.15) is 0 Å². The predicted octanol–water partition coefficient (Wildman–Crippen LogP) is 0.359. The molecule has 0 amide bonds. The van der Waals surface area contributed by atoms with Crippen molar-refractivity contribution in [2.45, 2.75) is 12.8 Å². The summed E-state index contributed by atoms with van der Waals surface area (Å²) in [6.07, 6.45) is 2.09. The van der Waals surface area contributed by atoms with E-state index in [2.05, 4.69) is 0 Å². The molecule has 0 aromatic carbocycles. The molecule has 0 spiro atoms. The van der Waals surface area contributed by atoms with Crippen LogP contribution >= 0.6 is 12.2 Å². The molecule has 0 atom stereocenters. The molecule has 1 aliphatic heterocycles. The van der Waals surface area contributed by atoms with Gasteiger partial charge in [0.1, 0.15) is 6.73 Å². The van der Waals surface area contributed by atoms with Crippen LogP contribution in [0.4, 0.5) is 0 Å². The highest BCUT2D eigenvalue weighted by molar-refractivity contribution is 7.80. The third-order valence-electron chi connectivity index (χ3n) is 1.34. The van der Waals surface area contributed by atoms with Gasteiger partial charge in [-0.05, 0) is 12.8 Å². The fourth-order valence-electron chi connectivity index (χ4n) is 0.854. The first-order valence-corrected chi connectivity index (χ1v) is 3.14. The average Bonchev–Trinajstić information content (AvgIpc) is 2.14. The van der Waals surface area contributed by atoms with Crippen molar-refractivity contribution in [1.29, 1.82) is 0 Å². The minimum atomic E-state index is 0.0961. The number of nitrogens with zero attached hydrogens (tertiary/aromatic N) is 1. The van der Waals surface area contributed by atoms with E-state index in [0.29, 0.717) is 0 Å². The highest BCUT2D eigenvalue weighted by atomic mass is 32.1. The van der Waals surface area contributed by atoms with Gasteiger partial charge in [0, 0.05) is 6.54 Å². The van der Waals surface area contributed by atoms with Crippen LogP contribution in [0.1, 0.15) is 12.8 Å². The molecular formula is C5H9NOS. The Kier molecular flexibility index (Phi) is 1.81. The molecule has 1 N–H and O–H groups in total. The molecule has 1 rings (SSSR count). The second-order valence-electron chi connectivity index (χ2n) is 1.90. The summed E-state index contributed by atoms with van der Waals surface area (Å²) in [5.41, 5.74) is 0. The number of hydrogen-bond acceptors (Lipinski definition) is 2. The number of aliphatic hydroxyl groups excluding tert-OH is 1. The highest BCUT2D eigenvalue weighted by Gasteiger charge is 2.13. The van der Waals surface area contributed by atoms with E-state index in [9.17, 15) is 0 Å². The maximum Gasteiger partial charge on any atom is 0.116 e. The zero-order chi connectivity index (χ0) is 5.98. The van der Waals surface area contributed by atoms with Crippen molar-refractivity contribution in [2.75, 3.05) is 13.3 Å². The summed E-state index contributed by atoms with van der Waals surface area (Å²) in [7, 11) is 0. The smallest absolute Gasteiger partial charge is 0.116 e. The van der Waals surface area contributed by atoms with Gasteiger partial charge in [0.05, 0.1) is 4.99 Å². The molecule has 1 heterocycles. The van der Waals surface area contributed by atoms with Crippen molar-refractivity contribution in [3.05, 3.63) is 0 Å².